The summed E-state index contributed by atoms with van der Waals surface area (Å²) in [6, 6.07) is 3.52. The van der Waals surface area contributed by atoms with Crippen LogP contribution in [0, 0.1) is 11.6 Å². The van der Waals surface area contributed by atoms with Crippen LogP contribution < -0.4 is 10.6 Å². The van der Waals surface area contributed by atoms with Gasteiger partial charge in [0.1, 0.15) is 11.5 Å². The number of hydrogen-bond acceptors (Lipinski definition) is 4. The van der Waals surface area contributed by atoms with E-state index in [1.807, 2.05) is 0 Å². The van der Waals surface area contributed by atoms with Gasteiger partial charge in [-0.3, -0.25) is 4.79 Å². The molecule has 0 radical (unpaired) electrons. The Kier molecular flexibility index (Phi) is 3.65. The van der Waals surface area contributed by atoms with E-state index in [0.29, 0.717) is 5.82 Å². The number of carbonyl (C=O) groups is 1. The predicted octanol–water partition coefficient (Wildman–Crippen LogP) is 2.05. The molecule has 2 rings (SSSR count). The van der Waals surface area contributed by atoms with Crippen LogP contribution in [0.4, 0.5) is 20.3 Å². The molecule has 0 atom stereocenters. The maximum atomic E-state index is 13.4. The summed E-state index contributed by atoms with van der Waals surface area (Å²) >= 11 is 0. The number of nitrogens with zero attached hydrogens (tertiary/aromatic N) is 2. The van der Waals surface area contributed by atoms with Crippen LogP contribution in [-0.2, 0) is 0 Å². The van der Waals surface area contributed by atoms with E-state index in [-0.39, 0.29) is 11.4 Å². The molecule has 1 amide bonds. The first-order valence-electron chi connectivity index (χ1n) is 5.37. The van der Waals surface area contributed by atoms with E-state index in [4.69, 9.17) is 0 Å². The highest BCUT2D eigenvalue weighted by molar-refractivity contribution is 6.02. The standard InChI is InChI=1S/C12H10F2N4O/c1-15-10-6-16-9(5-17-10)12(19)18-8-4-2-3-7(13)11(8)14/h2-6H,1H3,(H,15,17)(H,18,19). The van der Waals surface area contributed by atoms with E-state index in [1.54, 1.807) is 7.05 Å². The van der Waals surface area contributed by atoms with Gasteiger partial charge in [0.2, 0.25) is 0 Å². The van der Waals surface area contributed by atoms with Gasteiger partial charge in [0, 0.05) is 7.05 Å². The Bertz CT molecular complexity index is 601. The Hall–Kier alpha value is -2.57. The number of rotatable bonds is 3. The summed E-state index contributed by atoms with van der Waals surface area (Å²) in [5, 5.41) is 4.97. The minimum atomic E-state index is -1.12. The van der Waals surface area contributed by atoms with Gasteiger partial charge in [-0.25, -0.2) is 18.7 Å². The molecule has 0 aliphatic heterocycles. The van der Waals surface area contributed by atoms with Crippen LogP contribution in [-0.4, -0.2) is 22.9 Å². The number of anilines is 2. The number of nitrogens with one attached hydrogen (secondary N) is 2. The van der Waals surface area contributed by atoms with Crippen molar-refractivity contribution < 1.29 is 13.6 Å². The molecule has 0 saturated carbocycles. The van der Waals surface area contributed by atoms with Crippen LogP contribution in [0.1, 0.15) is 10.5 Å². The first-order chi connectivity index (χ1) is 9.11. The van der Waals surface area contributed by atoms with Crippen molar-refractivity contribution in [1.82, 2.24) is 9.97 Å². The lowest BCUT2D eigenvalue weighted by molar-refractivity contribution is 0.102. The lowest BCUT2D eigenvalue weighted by Gasteiger charge is -2.06. The van der Waals surface area contributed by atoms with E-state index in [2.05, 4.69) is 20.6 Å². The van der Waals surface area contributed by atoms with Crippen molar-refractivity contribution >= 4 is 17.4 Å². The molecule has 2 aromatic rings. The normalized spacial score (nSPS) is 10.1. The van der Waals surface area contributed by atoms with Gasteiger partial charge in [0.15, 0.2) is 11.6 Å². The van der Waals surface area contributed by atoms with Gasteiger partial charge in [0.25, 0.3) is 5.91 Å². The van der Waals surface area contributed by atoms with Crippen molar-refractivity contribution in [1.29, 1.82) is 0 Å². The van der Waals surface area contributed by atoms with Crippen molar-refractivity contribution in [3.63, 3.8) is 0 Å². The quantitative estimate of drug-likeness (QED) is 0.890. The van der Waals surface area contributed by atoms with Crippen LogP contribution in [0.25, 0.3) is 0 Å². The van der Waals surface area contributed by atoms with Crippen LogP contribution in [0.15, 0.2) is 30.6 Å². The summed E-state index contributed by atoms with van der Waals surface area (Å²) in [6.45, 7) is 0. The minimum absolute atomic E-state index is 0.00246. The van der Waals surface area contributed by atoms with Crippen LogP contribution in [0.5, 0.6) is 0 Å². The summed E-state index contributed by atoms with van der Waals surface area (Å²) in [5.41, 5.74) is -0.243. The molecule has 0 bridgehead atoms. The fourth-order valence-corrected chi connectivity index (χ4v) is 1.36. The monoisotopic (exact) mass is 264 g/mol. The van der Waals surface area contributed by atoms with Crippen molar-refractivity contribution in [2.45, 2.75) is 0 Å². The van der Waals surface area contributed by atoms with Crippen LogP contribution in [0.3, 0.4) is 0 Å². The molecule has 0 saturated heterocycles. The lowest BCUT2D eigenvalue weighted by Crippen LogP contribution is -2.15. The molecular weight excluding hydrogens is 254 g/mol. The Labute approximate surface area is 107 Å². The zero-order valence-electron chi connectivity index (χ0n) is 9.95. The van der Waals surface area contributed by atoms with Gasteiger partial charge in [-0.1, -0.05) is 6.07 Å². The van der Waals surface area contributed by atoms with Gasteiger partial charge in [0.05, 0.1) is 18.1 Å². The number of halogens is 2. The smallest absolute Gasteiger partial charge is 0.275 e. The molecule has 0 aliphatic rings. The zero-order chi connectivity index (χ0) is 13.8. The second-order valence-electron chi connectivity index (χ2n) is 3.59. The molecule has 2 N–H and O–H groups in total. The summed E-state index contributed by atoms with van der Waals surface area (Å²) in [6.07, 6.45) is 2.59. The summed E-state index contributed by atoms with van der Waals surface area (Å²) in [7, 11) is 1.66. The Morgan fingerprint density at radius 1 is 1.21 bits per heavy atom. The van der Waals surface area contributed by atoms with Crippen LogP contribution >= 0.6 is 0 Å². The van der Waals surface area contributed by atoms with Crippen molar-refractivity contribution in [3.05, 3.63) is 47.9 Å². The number of hydrogen-bond donors (Lipinski definition) is 2. The average Bonchev–Trinajstić information content (AvgIpc) is 2.44. The highest BCUT2D eigenvalue weighted by atomic mass is 19.2. The fourth-order valence-electron chi connectivity index (χ4n) is 1.36. The van der Waals surface area contributed by atoms with E-state index in [9.17, 15) is 13.6 Å². The van der Waals surface area contributed by atoms with Gasteiger partial charge < -0.3 is 10.6 Å². The van der Waals surface area contributed by atoms with Gasteiger partial charge in [-0.05, 0) is 12.1 Å². The van der Waals surface area contributed by atoms with Gasteiger partial charge in [-0.15, -0.1) is 0 Å². The molecule has 0 spiro atoms. The second kappa shape index (κ2) is 5.38. The topological polar surface area (TPSA) is 66.9 Å². The van der Waals surface area contributed by atoms with E-state index >= 15 is 0 Å². The third kappa shape index (κ3) is 2.82. The van der Waals surface area contributed by atoms with Crippen LogP contribution in [0.2, 0.25) is 0 Å². The lowest BCUT2D eigenvalue weighted by atomic mass is 10.3. The van der Waals surface area contributed by atoms with E-state index in [1.165, 1.54) is 24.5 Å². The largest absolute Gasteiger partial charge is 0.372 e. The molecule has 1 aromatic heterocycles. The summed E-state index contributed by atoms with van der Waals surface area (Å²) in [4.78, 5) is 19.5. The molecule has 0 unspecified atom stereocenters. The molecule has 1 aromatic carbocycles. The SMILES string of the molecule is CNc1cnc(C(=O)Nc2cccc(F)c2F)cn1. The maximum absolute atomic E-state index is 13.4. The molecule has 19 heavy (non-hydrogen) atoms. The average molecular weight is 264 g/mol. The van der Waals surface area contributed by atoms with E-state index in [0.717, 1.165) is 6.07 Å². The maximum Gasteiger partial charge on any atom is 0.275 e. The third-order valence-electron chi connectivity index (χ3n) is 2.34. The van der Waals surface area contributed by atoms with E-state index < -0.39 is 17.5 Å². The summed E-state index contributed by atoms with van der Waals surface area (Å²) in [5.74, 6) is -2.32. The Balaban J connectivity index is 2.18. The Morgan fingerprint density at radius 2 is 2.00 bits per heavy atom. The number of benzene rings is 1. The molecule has 0 aliphatic carbocycles. The minimum Gasteiger partial charge on any atom is -0.372 e. The molecule has 1 heterocycles. The van der Waals surface area contributed by atoms with Gasteiger partial charge >= 0.3 is 0 Å². The first-order valence-corrected chi connectivity index (χ1v) is 5.37. The van der Waals surface area contributed by atoms with Crippen molar-refractivity contribution in [2.24, 2.45) is 0 Å². The number of aromatic nitrogens is 2. The third-order valence-corrected chi connectivity index (χ3v) is 2.34. The molecular formula is C12H10F2N4O. The highest BCUT2D eigenvalue weighted by Crippen LogP contribution is 2.17. The molecule has 0 fully saturated rings. The van der Waals surface area contributed by atoms with Crippen molar-refractivity contribution in [3.8, 4) is 0 Å². The van der Waals surface area contributed by atoms with Gasteiger partial charge in [-0.2, -0.15) is 0 Å². The highest BCUT2D eigenvalue weighted by Gasteiger charge is 2.13. The second-order valence-corrected chi connectivity index (χ2v) is 3.59. The number of carbonyl (C=O) groups excluding carboxylic acids is 1. The zero-order valence-corrected chi connectivity index (χ0v) is 9.95. The summed E-state index contributed by atoms with van der Waals surface area (Å²) < 4.78 is 26.3. The fraction of sp³-hybridized carbons (Fsp3) is 0.0833. The Morgan fingerprint density at radius 3 is 2.63 bits per heavy atom. The molecule has 7 heteroatoms. The predicted molar refractivity (Wildman–Crippen MR) is 65.9 cm³/mol. The first kappa shape index (κ1) is 12.9. The van der Waals surface area contributed by atoms with Crippen molar-refractivity contribution in [2.75, 3.05) is 17.7 Å². The molecule has 5 nitrogen and oxygen atoms in total. The number of amides is 1. The molecule has 98 valence electrons.